The number of esters is 1. The Kier molecular flexibility index (Phi) is 3.96. The van der Waals surface area contributed by atoms with Gasteiger partial charge in [-0.05, 0) is 13.3 Å². The lowest BCUT2D eigenvalue weighted by molar-refractivity contribution is -0.139. The summed E-state index contributed by atoms with van der Waals surface area (Å²) in [7, 11) is 1.38. The van der Waals surface area contributed by atoms with Gasteiger partial charge in [-0.2, -0.15) is 0 Å². The molecule has 1 aliphatic heterocycles. The van der Waals surface area contributed by atoms with E-state index in [4.69, 9.17) is 4.74 Å². The molecule has 6 heteroatoms. The fraction of sp³-hybridized carbons (Fsp3) is 0.636. The van der Waals surface area contributed by atoms with Crippen LogP contribution in [0.1, 0.15) is 19.0 Å². The van der Waals surface area contributed by atoms with E-state index in [0.29, 0.717) is 6.04 Å². The van der Waals surface area contributed by atoms with Crippen LogP contribution in [0, 0.1) is 0 Å². The molecule has 17 heavy (non-hydrogen) atoms. The lowest BCUT2D eigenvalue weighted by atomic mass is 10.2. The number of carbonyl (C=O) groups is 1. The van der Waals surface area contributed by atoms with Crippen LogP contribution in [0.25, 0.3) is 0 Å². The summed E-state index contributed by atoms with van der Waals surface area (Å²) >= 11 is 1.51. The van der Waals surface area contributed by atoms with Gasteiger partial charge in [-0.3, -0.25) is 4.79 Å². The van der Waals surface area contributed by atoms with E-state index in [9.17, 15) is 4.79 Å². The number of carbonyl (C=O) groups excluding carboxylic acids is 1. The average molecular weight is 256 g/mol. The lowest BCUT2D eigenvalue weighted by Crippen LogP contribution is -2.26. The Morgan fingerprint density at radius 3 is 3.24 bits per heavy atom. The lowest BCUT2D eigenvalue weighted by Gasteiger charge is -2.14. The summed E-state index contributed by atoms with van der Waals surface area (Å²) in [6.45, 7) is 2.84. The molecule has 0 radical (unpaired) electrons. The Labute approximate surface area is 104 Å². The van der Waals surface area contributed by atoms with Crippen LogP contribution in [-0.4, -0.2) is 36.8 Å². The summed E-state index contributed by atoms with van der Waals surface area (Å²) in [6, 6.07) is 0.312. The van der Waals surface area contributed by atoms with Gasteiger partial charge >= 0.3 is 5.97 Å². The summed E-state index contributed by atoms with van der Waals surface area (Å²) in [6.07, 6.45) is 1.43. The molecule has 0 amide bonds. The molecule has 2 rings (SSSR count). The Morgan fingerprint density at radius 2 is 2.59 bits per heavy atom. The zero-order chi connectivity index (χ0) is 12.3. The van der Waals surface area contributed by atoms with Gasteiger partial charge in [0.2, 0.25) is 0 Å². The van der Waals surface area contributed by atoms with Gasteiger partial charge in [-0.25, -0.2) is 4.98 Å². The highest BCUT2D eigenvalue weighted by Gasteiger charge is 2.24. The van der Waals surface area contributed by atoms with E-state index >= 15 is 0 Å². The van der Waals surface area contributed by atoms with Crippen molar-refractivity contribution in [1.29, 1.82) is 0 Å². The van der Waals surface area contributed by atoms with E-state index < -0.39 is 0 Å². The molecule has 0 spiro atoms. The van der Waals surface area contributed by atoms with E-state index in [1.54, 1.807) is 0 Å². The minimum Gasteiger partial charge on any atom is -0.469 e. The number of methoxy groups -OCH3 is 1. The second-order valence-electron chi connectivity index (χ2n) is 4.01. The quantitative estimate of drug-likeness (QED) is 0.826. The van der Waals surface area contributed by atoms with Crippen molar-refractivity contribution in [2.24, 2.45) is 0 Å². The molecule has 1 aromatic heterocycles. The largest absolute Gasteiger partial charge is 0.469 e. The van der Waals surface area contributed by atoms with E-state index in [2.05, 4.69) is 15.0 Å². The third kappa shape index (κ3) is 3.17. The topological polar surface area (TPSA) is 60.5 Å². The molecule has 0 aliphatic carbocycles. The van der Waals surface area contributed by atoms with Gasteiger partial charge in [0.1, 0.15) is 0 Å². The number of rotatable bonds is 4. The standard InChI is InChI=1S/C11H16N2O3S/c1-7-9(3-4-16-7)13-11-12-8(6-17-11)5-10(14)15-2/h6-7,9H,3-5H2,1-2H3,(H,12,13). The molecular weight excluding hydrogens is 240 g/mol. The second kappa shape index (κ2) is 5.46. The fourth-order valence-corrected chi connectivity index (χ4v) is 2.53. The predicted octanol–water partition coefficient (Wildman–Crippen LogP) is 1.45. The van der Waals surface area contributed by atoms with Gasteiger partial charge < -0.3 is 14.8 Å². The summed E-state index contributed by atoms with van der Waals surface area (Å²) in [5.74, 6) is -0.264. The molecule has 2 atom stereocenters. The predicted molar refractivity (Wildman–Crippen MR) is 65.3 cm³/mol. The smallest absolute Gasteiger partial charge is 0.311 e. The SMILES string of the molecule is COC(=O)Cc1csc(NC2CCOC2C)n1. The van der Waals surface area contributed by atoms with E-state index in [-0.39, 0.29) is 18.5 Å². The van der Waals surface area contributed by atoms with Crippen molar-refractivity contribution in [1.82, 2.24) is 4.98 Å². The maximum Gasteiger partial charge on any atom is 0.311 e. The van der Waals surface area contributed by atoms with Crippen LogP contribution < -0.4 is 5.32 Å². The number of nitrogens with zero attached hydrogens (tertiary/aromatic N) is 1. The highest BCUT2D eigenvalue weighted by Crippen LogP contribution is 2.22. The van der Waals surface area contributed by atoms with Gasteiger partial charge in [-0.15, -0.1) is 11.3 Å². The van der Waals surface area contributed by atoms with Crippen molar-refractivity contribution in [2.45, 2.75) is 31.9 Å². The zero-order valence-corrected chi connectivity index (χ0v) is 10.8. The van der Waals surface area contributed by atoms with Gasteiger partial charge in [0.05, 0.1) is 31.4 Å². The first-order chi connectivity index (χ1) is 8.19. The summed E-state index contributed by atoms with van der Waals surface area (Å²) in [4.78, 5) is 15.4. The molecule has 0 bridgehead atoms. The maximum atomic E-state index is 11.1. The van der Waals surface area contributed by atoms with Crippen molar-refractivity contribution < 1.29 is 14.3 Å². The van der Waals surface area contributed by atoms with Crippen molar-refractivity contribution in [3.63, 3.8) is 0 Å². The van der Waals surface area contributed by atoms with Crippen LogP contribution in [0.3, 0.4) is 0 Å². The van der Waals surface area contributed by atoms with E-state index in [0.717, 1.165) is 23.9 Å². The zero-order valence-electron chi connectivity index (χ0n) is 9.93. The van der Waals surface area contributed by atoms with Crippen LogP contribution >= 0.6 is 11.3 Å². The first-order valence-corrected chi connectivity index (χ1v) is 6.46. The molecule has 1 saturated heterocycles. The Bertz CT molecular complexity index is 394. The van der Waals surface area contributed by atoms with Crippen LogP contribution in [-0.2, 0) is 20.7 Å². The average Bonchev–Trinajstić information content (AvgIpc) is 2.90. The third-order valence-electron chi connectivity index (χ3n) is 2.79. The first-order valence-electron chi connectivity index (χ1n) is 5.58. The highest BCUT2D eigenvalue weighted by molar-refractivity contribution is 7.13. The van der Waals surface area contributed by atoms with Crippen molar-refractivity contribution in [3.05, 3.63) is 11.1 Å². The van der Waals surface area contributed by atoms with Crippen LogP contribution in [0.2, 0.25) is 0 Å². The molecular formula is C11H16N2O3S. The Morgan fingerprint density at radius 1 is 1.76 bits per heavy atom. The molecule has 1 N–H and O–H groups in total. The number of hydrogen-bond acceptors (Lipinski definition) is 6. The second-order valence-corrected chi connectivity index (χ2v) is 4.87. The van der Waals surface area contributed by atoms with Gasteiger partial charge in [0.25, 0.3) is 0 Å². The first kappa shape index (κ1) is 12.3. The third-order valence-corrected chi connectivity index (χ3v) is 3.61. The van der Waals surface area contributed by atoms with Gasteiger partial charge in [0, 0.05) is 12.0 Å². The van der Waals surface area contributed by atoms with Crippen LogP contribution in [0.4, 0.5) is 5.13 Å². The maximum absolute atomic E-state index is 11.1. The number of aromatic nitrogens is 1. The van der Waals surface area contributed by atoms with Crippen molar-refractivity contribution >= 4 is 22.4 Å². The Balaban J connectivity index is 1.91. The van der Waals surface area contributed by atoms with Gasteiger partial charge in [0.15, 0.2) is 5.13 Å². The molecule has 2 unspecified atom stereocenters. The monoisotopic (exact) mass is 256 g/mol. The van der Waals surface area contributed by atoms with Crippen LogP contribution in [0.5, 0.6) is 0 Å². The van der Waals surface area contributed by atoms with Crippen LogP contribution in [0.15, 0.2) is 5.38 Å². The Hall–Kier alpha value is -1.14. The van der Waals surface area contributed by atoms with Crippen molar-refractivity contribution in [3.8, 4) is 0 Å². The molecule has 2 heterocycles. The van der Waals surface area contributed by atoms with Gasteiger partial charge in [-0.1, -0.05) is 0 Å². The molecule has 0 aromatic carbocycles. The fourth-order valence-electron chi connectivity index (χ4n) is 1.75. The normalized spacial score (nSPS) is 23.6. The summed E-state index contributed by atoms with van der Waals surface area (Å²) < 4.78 is 10.1. The molecule has 0 saturated carbocycles. The summed E-state index contributed by atoms with van der Waals surface area (Å²) in [5, 5.41) is 6.05. The van der Waals surface area contributed by atoms with E-state index in [1.165, 1.54) is 18.4 Å². The number of nitrogens with one attached hydrogen (secondary N) is 1. The number of anilines is 1. The minimum atomic E-state index is -0.264. The molecule has 1 fully saturated rings. The molecule has 1 aliphatic rings. The molecule has 1 aromatic rings. The molecule has 5 nitrogen and oxygen atoms in total. The summed E-state index contributed by atoms with van der Waals surface area (Å²) in [5.41, 5.74) is 0.746. The van der Waals surface area contributed by atoms with Crippen molar-refractivity contribution in [2.75, 3.05) is 19.0 Å². The minimum absolute atomic E-state index is 0.211. The number of hydrogen-bond donors (Lipinski definition) is 1. The highest BCUT2D eigenvalue weighted by atomic mass is 32.1. The van der Waals surface area contributed by atoms with E-state index in [1.807, 2.05) is 12.3 Å². The molecule has 94 valence electrons. The number of thiazole rings is 1. The number of ether oxygens (including phenoxy) is 2.